The van der Waals surface area contributed by atoms with Gasteiger partial charge >= 0.3 is 0 Å². The van der Waals surface area contributed by atoms with Crippen LogP contribution in [0.25, 0.3) is 0 Å². The fraction of sp³-hybridized carbons (Fsp3) is 0.533. The molecule has 0 amide bonds. The summed E-state index contributed by atoms with van der Waals surface area (Å²) >= 11 is 0. The second-order valence-corrected chi connectivity index (χ2v) is 9.39. The summed E-state index contributed by atoms with van der Waals surface area (Å²) in [4.78, 5) is 0. The van der Waals surface area contributed by atoms with E-state index in [4.69, 9.17) is 0 Å². The molecule has 0 bridgehead atoms. The molecule has 0 aromatic heterocycles. The van der Waals surface area contributed by atoms with Crippen molar-refractivity contribution < 1.29 is 0 Å². The normalized spacial score (nSPS) is 21.3. The van der Waals surface area contributed by atoms with Crippen LogP contribution >= 0.6 is 0 Å². The largest absolute Gasteiger partial charge is 0.0795 e. The molecular formula is C30H48. The Morgan fingerprint density at radius 2 is 1.57 bits per heavy atom. The molecular weight excluding hydrogens is 360 g/mol. The number of rotatable bonds is 3. The van der Waals surface area contributed by atoms with Crippen molar-refractivity contribution in [3.8, 4) is 0 Å². The van der Waals surface area contributed by atoms with Crippen molar-refractivity contribution in [2.24, 2.45) is 23.2 Å². The summed E-state index contributed by atoms with van der Waals surface area (Å²) in [6.07, 6.45) is 21.2. The quantitative estimate of drug-likeness (QED) is 0.436. The molecule has 0 aliphatic heterocycles. The molecule has 0 saturated heterocycles. The second-order valence-electron chi connectivity index (χ2n) is 9.39. The zero-order valence-electron chi connectivity index (χ0n) is 18.3. The Labute approximate surface area is 188 Å². The summed E-state index contributed by atoms with van der Waals surface area (Å²) < 4.78 is 0. The van der Waals surface area contributed by atoms with Gasteiger partial charge in [-0.25, -0.2) is 0 Å². The number of hydrogen-bond donors (Lipinski definition) is 0. The van der Waals surface area contributed by atoms with Gasteiger partial charge in [0.05, 0.1) is 0 Å². The highest BCUT2D eigenvalue weighted by molar-refractivity contribution is 5.68. The van der Waals surface area contributed by atoms with E-state index < -0.39 is 0 Å². The minimum atomic E-state index is 0. The summed E-state index contributed by atoms with van der Waals surface area (Å²) in [6.45, 7) is 15.9. The minimum absolute atomic E-state index is 0. The predicted molar refractivity (Wildman–Crippen MR) is 140 cm³/mol. The fourth-order valence-corrected chi connectivity index (χ4v) is 4.86. The van der Waals surface area contributed by atoms with Crippen LogP contribution in [0.4, 0.5) is 0 Å². The summed E-state index contributed by atoms with van der Waals surface area (Å²) in [5, 5.41) is 0. The molecule has 0 N–H and O–H groups in total. The van der Waals surface area contributed by atoms with Crippen LogP contribution in [0.2, 0.25) is 0 Å². The molecule has 4 rings (SSSR count). The monoisotopic (exact) mass is 408 g/mol. The lowest BCUT2D eigenvalue weighted by molar-refractivity contribution is 0.243. The molecule has 0 fully saturated rings. The van der Waals surface area contributed by atoms with Crippen molar-refractivity contribution in [1.29, 1.82) is 0 Å². The van der Waals surface area contributed by atoms with Gasteiger partial charge in [0, 0.05) is 5.92 Å². The average Bonchev–Trinajstić information content (AvgIpc) is 2.65. The third-order valence-corrected chi connectivity index (χ3v) is 6.06. The zero-order chi connectivity index (χ0) is 19.8. The van der Waals surface area contributed by atoms with E-state index in [-0.39, 0.29) is 27.7 Å². The van der Waals surface area contributed by atoms with Gasteiger partial charge in [-0.1, -0.05) is 119 Å². The van der Waals surface area contributed by atoms with Crippen molar-refractivity contribution in [2.75, 3.05) is 0 Å². The summed E-state index contributed by atoms with van der Waals surface area (Å²) in [5.41, 5.74) is 9.36. The maximum atomic E-state index is 2.43. The maximum Gasteiger partial charge on any atom is 0.0351 e. The highest BCUT2D eigenvalue weighted by atomic mass is 14.4. The molecule has 0 aromatic carbocycles. The molecule has 2 atom stereocenters. The van der Waals surface area contributed by atoms with Crippen molar-refractivity contribution in [2.45, 2.75) is 83.6 Å². The molecule has 0 nitrogen and oxygen atoms in total. The lowest BCUT2D eigenvalue weighted by atomic mass is 9.63. The van der Waals surface area contributed by atoms with E-state index in [0.717, 1.165) is 6.42 Å². The summed E-state index contributed by atoms with van der Waals surface area (Å²) in [7, 11) is 0. The van der Waals surface area contributed by atoms with Gasteiger partial charge in [0.1, 0.15) is 0 Å². The predicted octanol–water partition coefficient (Wildman–Crippen LogP) is 9.80. The second kappa shape index (κ2) is 11.0. The molecule has 4 aliphatic carbocycles. The van der Waals surface area contributed by atoms with Crippen molar-refractivity contribution in [3.05, 3.63) is 82.0 Å². The lowest BCUT2D eigenvalue weighted by Crippen LogP contribution is -2.29. The topological polar surface area (TPSA) is 0 Å². The smallest absolute Gasteiger partial charge is 0.0351 e. The molecule has 0 spiro atoms. The SMILES string of the molecule is C.C.C.CC.CC(C)CC(C1=C2C=CC3=C4C(=CC=C(C=C1)C24)C=CC3)C(C)(C)C. The van der Waals surface area contributed by atoms with E-state index in [1.165, 1.54) is 23.1 Å². The van der Waals surface area contributed by atoms with Gasteiger partial charge in [0.15, 0.2) is 0 Å². The maximum absolute atomic E-state index is 2.43. The van der Waals surface area contributed by atoms with E-state index in [9.17, 15) is 0 Å². The van der Waals surface area contributed by atoms with Crippen molar-refractivity contribution in [3.63, 3.8) is 0 Å². The van der Waals surface area contributed by atoms with Crippen LogP contribution in [0, 0.1) is 23.2 Å². The van der Waals surface area contributed by atoms with Gasteiger partial charge in [-0.05, 0) is 63.5 Å². The first-order valence-corrected chi connectivity index (χ1v) is 10.8. The lowest BCUT2D eigenvalue weighted by Gasteiger charge is -2.41. The van der Waals surface area contributed by atoms with E-state index in [1.54, 1.807) is 16.7 Å². The molecule has 4 aliphatic rings. The van der Waals surface area contributed by atoms with Crippen LogP contribution in [0.5, 0.6) is 0 Å². The van der Waals surface area contributed by atoms with E-state index in [0.29, 0.717) is 17.8 Å². The van der Waals surface area contributed by atoms with Gasteiger partial charge in [-0.15, -0.1) is 0 Å². The van der Waals surface area contributed by atoms with Crippen LogP contribution in [-0.2, 0) is 0 Å². The highest BCUT2D eigenvalue weighted by Gasteiger charge is 2.37. The third-order valence-electron chi connectivity index (χ3n) is 6.06. The standard InChI is InChI=1S/C25H30.C2H6.3CH4/c1-16(2)15-22(25(3,4)5)20-13-11-19-10-9-17-7-6-8-18-12-14-21(20)24(19)23(17)18;1-2;;;/h6-7,9-14,16,22,24H,8,15H2,1-5H3;1-2H3;3*1H4. The molecule has 0 radical (unpaired) electrons. The van der Waals surface area contributed by atoms with Crippen molar-refractivity contribution in [1.82, 2.24) is 0 Å². The Balaban J connectivity index is 0.00000163. The van der Waals surface area contributed by atoms with Crippen LogP contribution in [0.15, 0.2) is 82.0 Å². The van der Waals surface area contributed by atoms with Gasteiger partial charge < -0.3 is 0 Å². The molecule has 168 valence electrons. The van der Waals surface area contributed by atoms with Gasteiger partial charge in [-0.2, -0.15) is 0 Å². The third kappa shape index (κ3) is 5.08. The Bertz CT molecular complexity index is 807. The minimum Gasteiger partial charge on any atom is -0.0795 e. The molecule has 0 aromatic rings. The van der Waals surface area contributed by atoms with Crippen LogP contribution in [0.1, 0.15) is 83.6 Å². The molecule has 0 heterocycles. The number of hydrogen-bond acceptors (Lipinski definition) is 0. The van der Waals surface area contributed by atoms with Crippen molar-refractivity contribution >= 4 is 0 Å². The first kappa shape index (κ1) is 28.2. The van der Waals surface area contributed by atoms with Gasteiger partial charge in [-0.3, -0.25) is 0 Å². The van der Waals surface area contributed by atoms with E-state index >= 15 is 0 Å². The Morgan fingerprint density at radius 3 is 2.17 bits per heavy atom. The average molecular weight is 409 g/mol. The first-order chi connectivity index (χ1) is 12.9. The molecule has 2 unspecified atom stereocenters. The Kier molecular flexibility index (Phi) is 10.3. The summed E-state index contributed by atoms with van der Waals surface area (Å²) in [5.74, 6) is 1.77. The van der Waals surface area contributed by atoms with Gasteiger partial charge in [0.2, 0.25) is 0 Å². The fourth-order valence-electron chi connectivity index (χ4n) is 4.86. The molecule has 30 heavy (non-hydrogen) atoms. The van der Waals surface area contributed by atoms with E-state index in [1.807, 2.05) is 13.8 Å². The first-order valence-electron chi connectivity index (χ1n) is 10.8. The van der Waals surface area contributed by atoms with Crippen LogP contribution in [0.3, 0.4) is 0 Å². The number of allylic oxidation sites excluding steroid dienone is 14. The van der Waals surface area contributed by atoms with Crippen LogP contribution < -0.4 is 0 Å². The van der Waals surface area contributed by atoms with Crippen LogP contribution in [-0.4, -0.2) is 0 Å². The van der Waals surface area contributed by atoms with E-state index in [2.05, 4.69) is 83.2 Å². The van der Waals surface area contributed by atoms with Gasteiger partial charge in [0.25, 0.3) is 0 Å². The Hall–Kier alpha value is -1.82. The molecule has 0 saturated carbocycles. The molecule has 0 heteroatoms. The summed E-state index contributed by atoms with van der Waals surface area (Å²) in [6, 6.07) is 0. The Morgan fingerprint density at radius 1 is 0.900 bits per heavy atom. The zero-order valence-corrected chi connectivity index (χ0v) is 18.3. The highest BCUT2D eigenvalue weighted by Crippen LogP contribution is 2.51.